The normalized spacial score (nSPS) is 13.4. The van der Waals surface area contributed by atoms with E-state index in [1.165, 1.54) is 0 Å². The molecule has 2 aromatic carbocycles. The van der Waals surface area contributed by atoms with E-state index in [0.29, 0.717) is 30.1 Å². The van der Waals surface area contributed by atoms with E-state index in [1.54, 1.807) is 48.4 Å². The van der Waals surface area contributed by atoms with E-state index in [1.807, 2.05) is 19.1 Å². The number of carbonyl (C=O) groups is 1. The van der Waals surface area contributed by atoms with Gasteiger partial charge in [0.1, 0.15) is 5.75 Å². The molecule has 0 unspecified atom stereocenters. The fourth-order valence-corrected chi connectivity index (χ4v) is 3.67. The van der Waals surface area contributed by atoms with Gasteiger partial charge in [0.05, 0.1) is 19.3 Å². The summed E-state index contributed by atoms with van der Waals surface area (Å²) in [4.78, 5) is 41.1. The standard InChI is InChI=1S/C23H24N4O4/c1-16-8-10-18(11-9-16)27-23(30)26(15-17-6-5-7-19(14-17)31-2)22(29)20(24-27)21(28)25-12-3-4-13-25/h5-11,14H,3-4,12-13,15H2,1-2H3. The Balaban J connectivity index is 1.87. The van der Waals surface area contributed by atoms with E-state index >= 15 is 0 Å². The quantitative estimate of drug-likeness (QED) is 0.630. The van der Waals surface area contributed by atoms with Gasteiger partial charge in [0.2, 0.25) is 5.69 Å². The molecule has 1 aromatic heterocycles. The number of methoxy groups -OCH3 is 1. The van der Waals surface area contributed by atoms with Crippen LogP contribution >= 0.6 is 0 Å². The molecule has 1 amide bonds. The van der Waals surface area contributed by atoms with Crippen molar-refractivity contribution >= 4 is 5.91 Å². The first-order chi connectivity index (χ1) is 15.0. The van der Waals surface area contributed by atoms with Gasteiger partial charge in [0.25, 0.3) is 11.5 Å². The third-order valence-electron chi connectivity index (χ3n) is 5.41. The van der Waals surface area contributed by atoms with Crippen molar-refractivity contribution in [2.75, 3.05) is 20.2 Å². The Morgan fingerprint density at radius 1 is 1.06 bits per heavy atom. The number of hydrogen-bond acceptors (Lipinski definition) is 5. The number of rotatable bonds is 5. The minimum atomic E-state index is -0.687. The number of amides is 1. The second-order valence-electron chi connectivity index (χ2n) is 7.62. The first-order valence-electron chi connectivity index (χ1n) is 10.2. The Morgan fingerprint density at radius 2 is 1.77 bits per heavy atom. The number of ether oxygens (including phenoxy) is 1. The molecule has 1 aliphatic rings. The molecule has 1 fully saturated rings. The average Bonchev–Trinajstić information content (AvgIpc) is 3.32. The molecule has 0 bridgehead atoms. The van der Waals surface area contributed by atoms with Crippen LogP contribution in [0.5, 0.6) is 5.75 Å². The molecular weight excluding hydrogens is 396 g/mol. The van der Waals surface area contributed by atoms with Crippen LogP contribution in [0.3, 0.4) is 0 Å². The highest BCUT2D eigenvalue weighted by Gasteiger charge is 2.26. The Bertz CT molecular complexity index is 1220. The molecule has 31 heavy (non-hydrogen) atoms. The number of carbonyl (C=O) groups excluding carboxylic acids is 1. The summed E-state index contributed by atoms with van der Waals surface area (Å²) in [5.41, 5.74) is 0.688. The van der Waals surface area contributed by atoms with Crippen LogP contribution < -0.4 is 16.0 Å². The molecule has 8 heteroatoms. The highest BCUT2D eigenvalue weighted by Crippen LogP contribution is 2.14. The Morgan fingerprint density at radius 3 is 2.45 bits per heavy atom. The zero-order chi connectivity index (χ0) is 22.0. The van der Waals surface area contributed by atoms with Gasteiger partial charge in [0.15, 0.2) is 0 Å². The Labute approximate surface area is 179 Å². The third-order valence-corrected chi connectivity index (χ3v) is 5.41. The van der Waals surface area contributed by atoms with Crippen molar-refractivity contribution < 1.29 is 9.53 Å². The molecule has 8 nitrogen and oxygen atoms in total. The lowest BCUT2D eigenvalue weighted by Gasteiger charge is -2.17. The Hall–Kier alpha value is -3.68. The fourth-order valence-electron chi connectivity index (χ4n) is 3.67. The first kappa shape index (κ1) is 20.6. The molecule has 0 saturated carbocycles. The molecule has 1 aliphatic heterocycles. The number of hydrogen-bond donors (Lipinski definition) is 0. The predicted octanol–water partition coefficient (Wildman–Crippen LogP) is 2.00. The largest absolute Gasteiger partial charge is 0.497 e. The number of benzene rings is 2. The molecular formula is C23H24N4O4. The fraction of sp³-hybridized carbons (Fsp3) is 0.304. The van der Waals surface area contributed by atoms with Crippen molar-refractivity contribution in [1.82, 2.24) is 19.2 Å². The summed E-state index contributed by atoms with van der Waals surface area (Å²) in [6.45, 7) is 3.11. The summed E-state index contributed by atoms with van der Waals surface area (Å²) >= 11 is 0. The monoisotopic (exact) mass is 420 g/mol. The maximum Gasteiger partial charge on any atom is 0.352 e. The molecule has 0 N–H and O–H groups in total. The van der Waals surface area contributed by atoms with Crippen LogP contribution in [0.1, 0.15) is 34.5 Å². The van der Waals surface area contributed by atoms with Crippen LogP contribution in [0.2, 0.25) is 0 Å². The number of likely N-dealkylation sites (tertiary alicyclic amines) is 1. The van der Waals surface area contributed by atoms with Crippen LogP contribution in [0, 0.1) is 6.92 Å². The van der Waals surface area contributed by atoms with Crippen LogP contribution in [-0.4, -0.2) is 45.4 Å². The van der Waals surface area contributed by atoms with Crippen molar-refractivity contribution in [1.29, 1.82) is 0 Å². The van der Waals surface area contributed by atoms with E-state index < -0.39 is 17.2 Å². The second-order valence-corrected chi connectivity index (χ2v) is 7.62. The zero-order valence-electron chi connectivity index (χ0n) is 17.6. The van der Waals surface area contributed by atoms with Crippen LogP contribution in [-0.2, 0) is 6.54 Å². The number of aromatic nitrogens is 3. The summed E-state index contributed by atoms with van der Waals surface area (Å²) in [5, 5.41) is 4.21. The zero-order valence-corrected chi connectivity index (χ0v) is 17.6. The lowest BCUT2D eigenvalue weighted by Crippen LogP contribution is -2.46. The summed E-state index contributed by atoms with van der Waals surface area (Å²) in [7, 11) is 1.55. The van der Waals surface area contributed by atoms with E-state index in [4.69, 9.17) is 4.74 Å². The van der Waals surface area contributed by atoms with Gasteiger partial charge in [-0.15, -0.1) is 0 Å². The molecule has 0 atom stereocenters. The van der Waals surface area contributed by atoms with E-state index in [-0.39, 0.29) is 12.2 Å². The minimum absolute atomic E-state index is 0.00350. The van der Waals surface area contributed by atoms with Crippen LogP contribution in [0.25, 0.3) is 5.69 Å². The van der Waals surface area contributed by atoms with Gasteiger partial charge < -0.3 is 9.64 Å². The predicted molar refractivity (Wildman–Crippen MR) is 116 cm³/mol. The lowest BCUT2D eigenvalue weighted by atomic mass is 10.2. The smallest absolute Gasteiger partial charge is 0.352 e. The van der Waals surface area contributed by atoms with Crippen LogP contribution in [0.4, 0.5) is 0 Å². The second kappa shape index (κ2) is 8.59. The Kier molecular flexibility index (Phi) is 5.70. The van der Waals surface area contributed by atoms with Gasteiger partial charge >= 0.3 is 5.69 Å². The summed E-state index contributed by atoms with van der Waals surface area (Å²) in [6, 6.07) is 14.3. The molecule has 0 radical (unpaired) electrons. The molecule has 3 aromatic rings. The van der Waals surface area contributed by atoms with Gasteiger partial charge in [-0.1, -0.05) is 29.8 Å². The molecule has 1 saturated heterocycles. The van der Waals surface area contributed by atoms with Crippen molar-refractivity contribution in [2.45, 2.75) is 26.3 Å². The highest BCUT2D eigenvalue weighted by molar-refractivity contribution is 5.92. The van der Waals surface area contributed by atoms with E-state index in [0.717, 1.165) is 27.7 Å². The van der Waals surface area contributed by atoms with Crippen LogP contribution in [0.15, 0.2) is 58.1 Å². The van der Waals surface area contributed by atoms with Gasteiger partial charge in [-0.3, -0.25) is 14.2 Å². The van der Waals surface area contributed by atoms with Crippen molar-refractivity contribution in [3.05, 3.63) is 86.2 Å². The summed E-state index contributed by atoms with van der Waals surface area (Å²) in [6.07, 6.45) is 1.78. The average molecular weight is 420 g/mol. The van der Waals surface area contributed by atoms with E-state index in [2.05, 4.69) is 5.10 Å². The maximum absolute atomic E-state index is 13.2. The van der Waals surface area contributed by atoms with Crippen molar-refractivity contribution in [3.63, 3.8) is 0 Å². The molecule has 2 heterocycles. The first-order valence-corrected chi connectivity index (χ1v) is 10.2. The van der Waals surface area contributed by atoms with Gasteiger partial charge in [-0.05, 0) is 49.6 Å². The van der Waals surface area contributed by atoms with Gasteiger partial charge in [-0.2, -0.15) is 9.78 Å². The maximum atomic E-state index is 13.2. The topological polar surface area (TPSA) is 86.4 Å². The third kappa shape index (κ3) is 4.14. The molecule has 0 aliphatic carbocycles. The lowest BCUT2D eigenvalue weighted by molar-refractivity contribution is 0.0781. The summed E-state index contributed by atoms with van der Waals surface area (Å²) < 4.78 is 7.43. The van der Waals surface area contributed by atoms with Crippen molar-refractivity contribution in [2.24, 2.45) is 0 Å². The molecule has 0 spiro atoms. The van der Waals surface area contributed by atoms with Crippen molar-refractivity contribution in [3.8, 4) is 11.4 Å². The summed E-state index contributed by atoms with van der Waals surface area (Å²) in [5.74, 6) is 0.176. The minimum Gasteiger partial charge on any atom is -0.497 e. The number of nitrogens with zero attached hydrogens (tertiary/aromatic N) is 4. The molecule has 4 rings (SSSR count). The van der Waals surface area contributed by atoms with Gasteiger partial charge in [0, 0.05) is 13.1 Å². The van der Waals surface area contributed by atoms with Gasteiger partial charge in [-0.25, -0.2) is 4.79 Å². The SMILES string of the molecule is COc1cccc(Cn2c(=O)c(C(=O)N3CCCC3)nn(-c3ccc(C)cc3)c2=O)c1. The number of aryl methyl sites for hydroxylation is 1. The molecule has 160 valence electrons. The highest BCUT2D eigenvalue weighted by atomic mass is 16.5. The van der Waals surface area contributed by atoms with E-state index in [9.17, 15) is 14.4 Å².